The first kappa shape index (κ1) is 13.0. The van der Waals surface area contributed by atoms with Crippen LogP contribution in [0.5, 0.6) is 0 Å². The van der Waals surface area contributed by atoms with Crippen molar-refractivity contribution >= 4 is 29.4 Å². The number of nitrogens with one attached hydrogen (secondary N) is 1. The van der Waals surface area contributed by atoms with Gasteiger partial charge in [0.1, 0.15) is 18.1 Å². The van der Waals surface area contributed by atoms with Crippen LogP contribution in [0.4, 0.5) is 10.6 Å². The quantitative estimate of drug-likeness (QED) is 0.664. The molecule has 0 atom stereocenters. The number of hydrogen-bond acceptors (Lipinski definition) is 5. The van der Waals surface area contributed by atoms with E-state index < -0.39 is 12.0 Å². The number of aromatic nitrogens is 1. The Morgan fingerprint density at radius 1 is 1.47 bits per heavy atom. The second kappa shape index (κ2) is 5.90. The number of ether oxygens (including phenoxy) is 1. The van der Waals surface area contributed by atoms with Gasteiger partial charge >= 0.3 is 6.09 Å². The highest BCUT2D eigenvalue weighted by molar-refractivity contribution is 6.33. The Labute approximate surface area is 102 Å². The first-order valence-electron chi connectivity index (χ1n) is 4.63. The van der Waals surface area contributed by atoms with E-state index in [0.717, 1.165) is 0 Å². The molecule has 92 valence electrons. The molecule has 5 N–H and O–H groups in total. The van der Waals surface area contributed by atoms with Gasteiger partial charge in [0.15, 0.2) is 0 Å². The summed E-state index contributed by atoms with van der Waals surface area (Å²) in [6.45, 7) is 0.0790. The first-order valence-corrected chi connectivity index (χ1v) is 5.01. The van der Waals surface area contributed by atoms with Gasteiger partial charge in [0.2, 0.25) is 0 Å². The molecule has 0 saturated carbocycles. The molecule has 7 nitrogen and oxygen atoms in total. The van der Waals surface area contributed by atoms with Gasteiger partial charge in [-0.2, -0.15) is 0 Å². The first-order chi connectivity index (χ1) is 8.00. The molecular weight excluding hydrogens is 248 g/mol. The molecule has 1 aromatic rings. The average Bonchev–Trinajstić information content (AvgIpc) is 2.27. The van der Waals surface area contributed by atoms with Gasteiger partial charge in [-0.3, -0.25) is 4.79 Å². The van der Waals surface area contributed by atoms with Gasteiger partial charge in [-0.15, -0.1) is 0 Å². The van der Waals surface area contributed by atoms with E-state index in [4.69, 9.17) is 23.1 Å². The number of anilines is 1. The molecule has 0 spiro atoms. The fourth-order valence-corrected chi connectivity index (χ4v) is 1.21. The molecule has 0 radical (unpaired) electrons. The number of hydrogen-bond donors (Lipinski definition) is 3. The minimum absolute atomic E-state index is 0.0192. The topological polar surface area (TPSA) is 120 Å². The molecule has 0 unspecified atom stereocenters. The van der Waals surface area contributed by atoms with Crippen molar-refractivity contribution in [3.05, 3.63) is 22.8 Å². The van der Waals surface area contributed by atoms with E-state index in [1.54, 1.807) is 0 Å². The van der Waals surface area contributed by atoms with Crippen LogP contribution in [0.1, 0.15) is 10.5 Å². The zero-order chi connectivity index (χ0) is 12.8. The van der Waals surface area contributed by atoms with E-state index in [9.17, 15) is 9.59 Å². The third kappa shape index (κ3) is 4.15. The lowest BCUT2D eigenvalue weighted by atomic mass is 10.3. The van der Waals surface area contributed by atoms with Crippen molar-refractivity contribution in [2.75, 3.05) is 18.9 Å². The largest absolute Gasteiger partial charge is 0.448 e. The monoisotopic (exact) mass is 258 g/mol. The molecule has 0 aliphatic carbocycles. The predicted octanol–water partition coefficient (Wildman–Crippen LogP) is 0.142. The maximum Gasteiger partial charge on any atom is 0.404 e. The minimum Gasteiger partial charge on any atom is -0.448 e. The molecule has 1 heterocycles. The highest BCUT2D eigenvalue weighted by Crippen LogP contribution is 2.14. The van der Waals surface area contributed by atoms with Gasteiger partial charge in [-0.05, 0) is 12.1 Å². The van der Waals surface area contributed by atoms with Crippen LogP contribution in [0.15, 0.2) is 12.1 Å². The number of nitrogens with zero attached hydrogens (tertiary/aromatic N) is 1. The van der Waals surface area contributed by atoms with E-state index in [1.807, 2.05) is 0 Å². The van der Waals surface area contributed by atoms with Gasteiger partial charge in [0.05, 0.1) is 11.6 Å². The normalized spacial score (nSPS) is 9.71. The molecule has 2 amide bonds. The predicted molar refractivity (Wildman–Crippen MR) is 61.5 cm³/mol. The van der Waals surface area contributed by atoms with Crippen LogP contribution in [0.25, 0.3) is 0 Å². The molecule has 0 aliphatic rings. The zero-order valence-corrected chi connectivity index (χ0v) is 9.53. The third-order valence-electron chi connectivity index (χ3n) is 1.71. The SMILES string of the molecule is NC(=O)OCCNC(=O)c1nc(N)ccc1Cl. The summed E-state index contributed by atoms with van der Waals surface area (Å²) in [5.74, 6) is -0.316. The fraction of sp³-hybridized carbons (Fsp3) is 0.222. The smallest absolute Gasteiger partial charge is 0.404 e. The summed E-state index contributed by atoms with van der Waals surface area (Å²) in [7, 11) is 0. The molecule has 17 heavy (non-hydrogen) atoms. The number of amides is 2. The Balaban J connectivity index is 2.52. The third-order valence-corrected chi connectivity index (χ3v) is 2.02. The molecule has 1 aromatic heterocycles. The Bertz CT molecular complexity index is 438. The maximum absolute atomic E-state index is 11.6. The number of pyridine rings is 1. The number of nitrogens with two attached hydrogens (primary N) is 2. The molecule has 0 aromatic carbocycles. The Hall–Kier alpha value is -2.02. The van der Waals surface area contributed by atoms with Gasteiger partial charge in [0.25, 0.3) is 5.91 Å². The molecule has 0 fully saturated rings. The number of carbonyl (C=O) groups excluding carboxylic acids is 2. The second-order valence-electron chi connectivity index (χ2n) is 2.99. The van der Waals surface area contributed by atoms with Crippen molar-refractivity contribution in [3.8, 4) is 0 Å². The zero-order valence-electron chi connectivity index (χ0n) is 8.77. The molecule has 0 saturated heterocycles. The van der Waals surface area contributed by atoms with Gasteiger partial charge in [-0.25, -0.2) is 9.78 Å². The number of primary amides is 1. The van der Waals surface area contributed by atoms with Crippen LogP contribution in [0.3, 0.4) is 0 Å². The van der Waals surface area contributed by atoms with Crippen LogP contribution in [-0.2, 0) is 4.74 Å². The summed E-state index contributed by atoms with van der Waals surface area (Å²) in [6.07, 6.45) is -0.903. The van der Waals surface area contributed by atoms with Crippen LogP contribution in [0.2, 0.25) is 5.02 Å². The van der Waals surface area contributed by atoms with Gasteiger partial charge in [-0.1, -0.05) is 11.6 Å². The standard InChI is InChI=1S/C9H11ClN4O3/c10-5-1-2-6(11)14-7(5)8(15)13-3-4-17-9(12)16/h1-2H,3-4H2,(H2,11,14)(H2,12,16)(H,13,15). The summed E-state index contributed by atoms with van der Waals surface area (Å²) >= 11 is 5.77. The Kier molecular flexibility index (Phi) is 4.53. The lowest BCUT2D eigenvalue weighted by molar-refractivity contribution is 0.0932. The number of nitrogen functional groups attached to an aromatic ring is 1. The number of halogens is 1. The van der Waals surface area contributed by atoms with E-state index in [2.05, 4.69) is 15.0 Å². The summed E-state index contributed by atoms with van der Waals surface area (Å²) in [5.41, 5.74) is 10.2. The van der Waals surface area contributed by atoms with E-state index in [1.165, 1.54) is 12.1 Å². The molecular formula is C9H11ClN4O3. The number of rotatable bonds is 4. The van der Waals surface area contributed by atoms with Crippen molar-refractivity contribution < 1.29 is 14.3 Å². The van der Waals surface area contributed by atoms with Crippen LogP contribution < -0.4 is 16.8 Å². The molecule has 0 aliphatic heterocycles. The minimum atomic E-state index is -0.903. The highest BCUT2D eigenvalue weighted by atomic mass is 35.5. The van der Waals surface area contributed by atoms with E-state index >= 15 is 0 Å². The highest BCUT2D eigenvalue weighted by Gasteiger charge is 2.12. The number of carbonyl (C=O) groups is 2. The fourth-order valence-electron chi connectivity index (χ4n) is 1.02. The van der Waals surface area contributed by atoms with Crippen LogP contribution in [0, 0.1) is 0 Å². The average molecular weight is 259 g/mol. The summed E-state index contributed by atoms with van der Waals surface area (Å²) in [5, 5.41) is 2.64. The lowest BCUT2D eigenvalue weighted by Gasteiger charge is -2.06. The van der Waals surface area contributed by atoms with E-state index in [0.29, 0.717) is 0 Å². The Morgan fingerprint density at radius 3 is 2.82 bits per heavy atom. The van der Waals surface area contributed by atoms with Gasteiger partial charge < -0.3 is 21.5 Å². The lowest BCUT2D eigenvalue weighted by Crippen LogP contribution is -2.30. The van der Waals surface area contributed by atoms with Crippen molar-refractivity contribution in [3.63, 3.8) is 0 Å². The molecule has 8 heteroatoms. The van der Waals surface area contributed by atoms with Crippen molar-refractivity contribution in [1.29, 1.82) is 0 Å². The summed E-state index contributed by atoms with van der Waals surface area (Å²) in [6, 6.07) is 2.95. The second-order valence-corrected chi connectivity index (χ2v) is 3.40. The van der Waals surface area contributed by atoms with Crippen LogP contribution in [-0.4, -0.2) is 30.1 Å². The van der Waals surface area contributed by atoms with Crippen molar-refractivity contribution in [1.82, 2.24) is 10.3 Å². The molecule has 0 bridgehead atoms. The van der Waals surface area contributed by atoms with Crippen molar-refractivity contribution in [2.24, 2.45) is 5.73 Å². The molecule has 1 rings (SSSR count). The Morgan fingerprint density at radius 2 is 2.18 bits per heavy atom. The summed E-state index contributed by atoms with van der Waals surface area (Å²) < 4.78 is 4.43. The van der Waals surface area contributed by atoms with E-state index in [-0.39, 0.29) is 29.7 Å². The maximum atomic E-state index is 11.6. The van der Waals surface area contributed by atoms with Crippen molar-refractivity contribution in [2.45, 2.75) is 0 Å². The summed E-state index contributed by atoms with van der Waals surface area (Å²) in [4.78, 5) is 25.6. The van der Waals surface area contributed by atoms with Crippen LogP contribution >= 0.6 is 11.6 Å². The van der Waals surface area contributed by atoms with Gasteiger partial charge in [0, 0.05) is 0 Å².